The van der Waals surface area contributed by atoms with Crippen molar-refractivity contribution >= 4 is 5.97 Å². The topological polar surface area (TPSA) is 55.8 Å². The van der Waals surface area contributed by atoms with Crippen molar-refractivity contribution in [2.24, 2.45) is 0 Å². The molecule has 0 radical (unpaired) electrons. The van der Waals surface area contributed by atoms with E-state index >= 15 is 0 Å². The lowest BCUT2D eigenvalue weighted by Crippen LogP contribution is -2.29. The lowest BCUT2D eigenvalue weighted by Gasteiger charge is -2.15. The summed E-state index contributed by atoms with van der Waals surface area (Å²) in [4.78, 5) is 10.5. The Balaban J connectivity index is 2.37. The maximum absolute atomic E-state index is 10.5. The molecule has 1 N–H and O–H groups in total. The molecule has 0 aromatic rings. The van der Waals surface area contributed by atoms with Gasteiger partial charge in [0.05, 0.1) is 13.2 Å². The summed E-state index contributed by atoms with van der Waals surface area (Å²) in [5, 5.41) is 8.73. The fourth-order valence-corrected chi connectivity index (χ4v) is 1.15. The maximum Gasteiger partial charge on any atom is 0.302 e. The molecule has 1 heterocycles. The van der Waals surface area contributed by atoms with Gasteiger partial charge >= 0.3 is 5.97 Å². The Kier molecular flexibility index (Phi) is 2.84. The summed E-state index contributed by atoms with van der Waals surface area (Å²) in [7, 11) is 0. The number of esters is 1. The molecule has 0 aliphatic carbocycles. The molecule has 64 valence electrons. The zero-order chi connectivity index (χ0) is 8.27. The van der Waals surface area contributed by atoms with Crippen molar-refractivity contribution in [1.82, 2.24) is 0 Å². The number of carbonyl (C=O) groups is 1. The van der Waals surface area contributed by atoms with Crippen LogP contribution in [0.4, 0.5) is 0 Å². The zero-order valence-corrected chi connectivity index (χ0v) is 6.45. The molecule has 0 aromatic carbocycles. The van der Waals surface area contributed by atoms with E-state index in [0.29, 0.717) is 13.0 Å². The van der Waals surface area contributed by atoms with E-state index in [9.17, 15) is 4.79 Å². The molecule has 1 saturated heterocycles. The fraction of sp³-hybridized carbons (Fsp3) is 0.857. The van der Waals surface area contributed by atoms with Crippen LogP contribution in [-0.2, 0) is 14.3 Å². The summed E-state index contributed by atoms with van der Waals surface area (Å²) in [6, 6.07) is 0. The van der Waals surface area contributed by atoms with Gasteiger partial charge in [0.25, 0.3) is 0 Å². The highest BCUT2D eigenvalue weighted by atomic mass is 16.6. The van der Waals surface area contributed by atoms with E-state index in [-0.39, 0.29) is 24.8 Å². The highest BCUT2D eigenvalue weighted by Gasteiger charge is 2.29. The van der Waals surface area contributed by atoms with Crippen LogP contribution in [0.25, 0.3) is 0 Å². The third kappa shape index (κ3) is 2.17. The Morgan fingerprint density at radius 2 is 2.55 bits per heavy atom. The summed E-state index contributed by atoms with van der Waals surface area (Å²) in [6.45, 7) is 1.83. The minimum absolute atomic E-state index is 0.0854. The van der Waals surface area contributed by atoms with Crippen LogP contribution in [0.2, 0.25) is 0 Å². The van der Waals surface area contributed by atoms with Crippen LogP contribution >= 0.6 is 0 Å². The van der Waals surface area contributed by atoms with Crippen molar-refractivity contribution in [1.29, 1.82) is 0 Å². The maximum atomic E-state index is 10.5. The Hall–Kier alpha value is -0.610. The first kappa shape index (κ1) is 8.49. The molecule has 2 atom stereocenters. The average Bonchev–Trinajstić information content (AvgIpc) is 2.34. The number of rotatable bonds is 2. The van der Waals surface area contributed by atoms with Gasteiger partial charge < -0.3 is 14.6 Å². The van der Waals surface area contributed by atoms with Crippen molar-refractivity contribution in [3.63, 3.8) is 0 Å². The van der Waals surface area contributed by atoms with Crippen LogP contribution in [0.5, 0.6) is 0 Å². The standard InChI is InChI=1S/C7H12O4/c1-5(9)11-6-2-3-10-7(6)4-8/h6-8H,2-4H2,1H3/t6-,7-/m1/s1. The number of aliphatic hydroxyl groups excluding tert-OH is 1. The molecule has 0 bridgehead atoms. The van der Waals surface area contributed by atoms with Gasteiger partial charge in [-0.25, -0.2) is 0 Å². The van der Waals surface area contributed by atoms with Gasteiger partial charge in [-0.2, -0.15) is 0 Å². The lowest BCUT2D eigenvalue weighted by molar-refractivity contribution is -0.149. The smallest absolute Gasteiger partial charge is 0.302 e. The lowest BCUT2D eigenvalue weighted by atomic mass is 10.2. The molecule has 11 heavy (non-hydrogen) atoms. The monoisotopic (exact) mass is 160 g/mol. The quantitative estimate of drug-likeness (QED) is 0.563. The van der Waals surface area contributed by atoms with Gasteiger partial charge in [0.2, 0.25) is 0 Å². The van der Waals surface area contributed by atoms with Gasteiger partial charge in [0, 0.05) is 13.3 Å². The number of hydrogen-bond acceptors (Lipinski definition) is 4. The van der Waals surface area contributed by atoms with E-state index in [2.05, 4.69) is 0 Å². The first-order chi connectivity index (χ1) is 5.24. The van der Waals surface area contributed by atoms with E-state index in [1.807, 2.05) is 0 Å². The summed E-state index contributed by atoms with van der Waals surface area (Å²) in [6.07, 6.45) is 0.113. The van der Waals surface area contributed by atoms with Crippen LogP contribution in [0, 0.1) is 0 Å². The van der Waals surface area contributed by atoms with Crippen molar-refractivity contribution in [3.05, 3.63) is 0 Å². The molecule has 0 spiro atoms. The SMILES string of the molecule is CC(=O)O[C@@H]1CCO[C@@H]1CO. The molecule has 0 saturated carbocycles. The van der Waals surface area contributed by atoms with E-state index in [1.54, 1.807) is 0 Å². The second kappa shape index (κ2) is 3.69. The molecule has 0 amide bonds. The van der Waals surface area contributed by atoms with Gasteiger partial charge in [0.15, 0.2) is 0 Å². The van der Waals surface area contributed by atoms with E-state index in [4.69, 9.17) is 14.6 Å². The highest BCUT2D eigenvalue weighted by molar-refractivity contribution is 5.66. The van der Waals surface area contributed by atoms with Crippen molar-refractivity contribution in [3.8, 4) is 0 Å². The van der Waals surface area contributed by atoms with E-state index < -0.39 is 0 Å². The molecule has 0 aromatic heterocycles. The van der Waals surface area contributed by atoms with Gasteiger partial charge in [-0.3, -0.25) is 4.79 Å². The van der Waals surface area contributed by atoms with Crippen LogP contribution in [-0.4, -0.2) is 36.5 Å². The molecule has 4 heteroatoms. The third-order valence-electron chi connectivity index (χ3n) is 1.65. The number of aliphatic hydroxyl groups is 1. The average molecular weight is 160 g/mol. The minimum Gasteiger partial charge on any atom is -0.460 e. The van der Waals surface area contributed by atoms with Crippen LogP contribution in [0.15, 0.2) is 0 Å². The molecule has 1 aliphatic heterocycles. The molecule has 1 aliphatic rings. The number of ether oxygens (including phenoxy) is 2. The Morgan fingerprint density at radius 3 is 3.09 bits per heavy atom. The number of carbonyl (C=O) groups excluding carboxylic acids is 1. The Morgan fingerprint density at radius 1 is 1.82 bits per heavy atom. The van der Waals surface area contributed by atoms with E-state index in [0.717, 1.165) is 0 Å². The summed E-state index contributed by atoms with van der Waals surface area (Å²) in [5.41, 5.74) is 0. The molecule has 1 rings (SSSR count). The molecular weight excluding hydrogens is 148 g/mol. The summed E-state index contributed by atoms with van der Waals surface area (Å²) >= 11 is 0. The highest BCUT2D eigenvalue weighted by Crippen LogP contribution is 2.16. The zero-order valence-electron chi connectivity index (χ0n) is 6.45. The second-order valence-corrected chi connectivity index (χ2v) is 2.53. The van der Waals surface area contributed by atoms with Gasteiger partial charge in [-0.1, -0.05) is 0 Å². The van der Waals surface area contributed by atoms with Gasteiger partial charge in [-0.15, -0.1) is 0 Å². The van der Waals surface area contributed by atoms with Gasteiger partial charge in [-0.05, 0) is 0 Å². The summed E-state index contributed by atoms with van der Waals surface area (Å²) in [5.74, 6) is -0.320. The van der Waals surface area contributed by atoms with Crippen LogP contribution in [0.3, 0.4) is 0 Å². The first-order valence-electron chi connectivity index (χ1n) is 3.63. The summed E-state index contributed by atoms with van der Waals surface area (Å²) < 4.78 is 9.98. The third-order valence-corrected chi connectivity index (χ3v) is 1.65. The fourth-order valence-electron chi connectivity index (χ4n) is 1.15. The van der Waals surface area contributed by atoms with Gasteiger partial charge in [0.1, 0.15) is 12.2 Å². The molecular formula is C7H12O4. The van der Waals surface area contributed by atoms with Crippen molar-refractivity contribution in [2.45, 2.75) is 25.6 Å². The number of hydrogen-bond donors (Lipinski definition) is 1. The Labute approximate surface area is 65.1 Å². The molecule has 0 unspecified atom stereocenters. The minimum atomic E-state index is -0.320. The Bertz CT molecular complexity index is 145. The first-order valence-corrected chi connectivity index (χ1v) is 3.63. The largest absolute Gasteiger partial charge is 0.460 e. The predicted molar refractivity (Wildman–Crippen MR) is 37.0 cm³/mol. The molecule has 4 nitrogen and oxygen atoms in total. The predicted octanol–water partition coefficient (Wildman–Crippen LogP) is -0.301. The second-order valence-electron chi connectivity index (χ2n) is 2.53. The van der Waals surface area contributed by atoms with Crippen molar-refractivity contribution < 1.29 is 19.4 Å². The normalized spacial score (nSPS) is 30.4. The van der Waals surface area contributed by atoms with E-state index in [1.165, 1.54) is 6.92 Å². The van der Waals surface area contributed by atoms with Crippen LogP contribution in [0.1, 0.15) is 13.3 Å². The van der Waals surface area contributed by atoms with Crippen LogP contribution < -0.4 is 0 Å². The molecule has 1 fully saturated rings. The van der Waals surface area contributed by atoms with Crippen molar-refractivity contribution in [2.75, 3.05) is 13.2 Å².